The molecule has 1 aliphatic rings. The summed E-state index contributed by atoms with van der Waals surface area (Å²) in [4.78, 5) is 0. The Kier molecular flexibility index (Phi) is 8.11. The zero-order valence-corrected chi connectivity index (χ0v) is 30.2. The fourth-order valence-electron chi connectivity index (χ4n) is 8.07. The molecule has 51 heavy (non-hydrogen) atoms. The molecule has 8 aromatic rings. The normalized spacial score (nSPS) is 12.8. The highest BCUT2D eigenvalue weighted by atomic mass is 15.0. The van der Waals surface area contributed by atoms with E-state index in [1.54, 1.807) is 0 Å². The summed E-state index contributed by atoms with van der Waals surface area (Å²) in [5, 5.41) is 8.83. The van der Waals surface area contributed by atoms with Crippen LogP contribution in [0.4, 0.5) is 11.4 Å². The van der Waals surface area contributed by atoms with Crippen molar-refractivity contribution in [1.82, 2.24) is 4.57 Å². The van der Waals surface area contributed by atoms with Crippen LogP contribution >= 0.6 is 0 Å². The summed E-state index contributed by atoms with van der Waals surface area (Å²) < 4.78 is 2.39. The standard InChI is InChI=1S/C40H32N2.C9H12/c1-5-26-17-22-30-31(23-24-35-37(30)33-13-6-8-15-34(33)40(35,3)4)38(26)41-27-18-20-28(21-19-27)42-36-16-9-7-12-29(36)32-14-10-11-25(2)39(32)42;1-8(2)9-6-4-3-5-7-9/h5-24,41H,1H2,2-4H3;3-8H,1-2H3. The second-order valence-corrected chi connectivity index (χ2v) is 14.5. The lowest BCUT2D eigenvalue weighted by Crippen LogP contribution is -2.14. The van der Waals surface area contributed by atoms with Gasteiger partial charge in [0.1, 0.15) is 0 Å². The van der Waals surface area contributed by atoms with Gasteiger partial charge in [0.15, 0.2) is 0 Å². The first-order valence-electron chi connectivity index (χ1n) is 18.0. The second kappa shape index (κ2) is 12.8. The van der Waals surface area contributed by atoms with Crippen LogP contribution < -0.4 is 5.32 Å². The minimum Gasteiger partial charge on any atom is -0.355 e. The van der Waals surface area contributed by atoms with Crippen molar-refractivity contribution in [2.45, 2.75) is 46.0 Å². The molecule has 9 rings (SSSR count). The van der Waals surface area contributed by atoms with Crippen molar-refractivity contribution in [3.05, 3.63) is 180 Å². The molecule has 2 nitrogen and oxygen atoms in total. The first-order chi connectivity index (χ1) is 24.8. The fourth-order valence-corrected chi connectivity index (χ4v) is 8.07. The van der Waals surface area contributed by atoms with Gasteiger partial charge in [0.25, 0.3) is 0 Å². The summed E-state index contributed by atoms with van der Waals surface area (Å²) in [6.07, 6.45) is 1.95. The molecule has 0 fully saturated rings. The van der Waals surface area contributed by atoms with Gasteiger partial charge in [-0.05, 0) is 87.5 Å². The molecule has 1 aliphatic carbocycles. The van der Waals surface area contributed by atoms with E-state index in [9.17, 15) is 0 Å². The van der Waals surface area contributed by atoms with Gasteiger partial charge in [0.2, 0.25) is 0 Å². The molecule has 0 radical (unpaired) electrons. The summed E-state index contributed by atoms with van der Waals surface area (Å²) in [7, 11) is 0. The fraction of sp³-hybridized carbons (Fsp3) is 0.143. The van der Waals surface area contributed by atoms with E-state index in [2.05, 4.69) is 191 Å². The number of hydrogen-bond donors (Lipinski definition) is 1. The molecule has 0 spiro atoms. The minimum absolute atomic E-state index is 0.0220. The van der Waals surface area contributed by atoms with Crippen molar-refractivity contribution >= 4 is 50.0 Å². The second-order valence-electron chi connectivity index (χ2n) is 14.5. The van der Waals surface area contributed by atoms with Crippen molar-refractivity contribution in [2.75, 3.05) is 5.32 Å². The third kappa shape index (κ3) is 5.43. The number of para-hydroxylation sites is 2. The van der Waals surface area contributed by atoms with Crippen LogP contribution in [-0.4, -0.2) is 4.57 Å². The molecule has 7 aromatic carbocycles. The zero-order chi connectivity index (χ0) is 35.3. The van der Waals surface area contributed by atoms with Crippen LogP contribution in [0.25, 0.3) is 55.5 Å². The van der Waals surface area contributed by atoms with E-state index in [0.717, 1.165) is 22.6 Å². The van der Waals surface area contributed by atoms with E-state index in [-0.39, 0.29) is 5.41 Å². The van der Waals surface area contributed by atoms with E-state index >= 15 is 0 Å². The first-order valence-corrected chi connectivity index (χ1v) is 18.0. The summed E-state index contributed by atoms with van der Waals surface area (Å²) in [5.74, 6) is 0.659. The van der Waals surface area contributed by atoms with Crippen molar-refractivity contribution in [1.29, 1.82) is 0 Å². The molecule has 1 N–H and O–H groups in total. The monoisotopic (exact) mass is 660 g/mol. The number of anilines is 2. The number of hydrogen-bond acceptors (Lipinski definition) is 1. The number of aromatic nitrogens is 1. The molecule has 1 heterocycles. The summed E-state index contributed by atoms with van der Waals surface area (Å²) in [6.45, 7) is 15.4. The maximum Gasteiger partial charge on any atom is 0.0570 e. The Hall–Kier alpha value is -5.86. The van der Waals surface area contributed by atoms with Gasteiger partial charge >= 0.3 is 0 Å². The number of rotatable bonds is 5. The molecule has 0 saturated carbocycles. The van der Waals surface area contributed by atoms with Gasteiger partial charge in [-0.1, -0.05) is 156 Å². The van der Waals surface area contributed by atoms with E-state index in [0.29, 0.717) is 5.92 Å². The molecule has 1 aromatic heterocycles. The van der Waals surface area contributed by atoms with Gasteiger partial charge in [-0.2, -0.15) is 0 Å². The van der Waals surface area contributed by atoms with Crippen LogP contribution in [0, 0.1) is 6.92 Å². The molecule has 0 atom stereocenters. The molecule has 0 unspecified atom stereocenters. The Bertz CT molecular complexity index is 2570. The Morgan fingerprint density at radius 1 is 0.627 bits per heavy atom. The average Bonchev–Trinajstić information content (AvgIpc) is 3.62. The topological polar surface area (TPSA) is 17.0 Å². The average molecular weight is 661 g/mol. The molecule has 2 heteroatoms. The van der Waals surface area contributed by atoms with Crippen molar-refractivity contribution in [3.8, 4) is 16.8 Å². The summed E-state index contributed by atoms with van der Waals surface area (Å²) >= 11 is 0. The third-order valence-electron chi connectivity index (χ3n) is 10.8. The molecular formula is C49H44N2. The van der Waals surface area contributed by atoms with Crippen molar-refractivity contribution < 1.29 is 0 Å². The van der Waals surface area contributed by atoms with Crippen LogP contribution in [0.5, 0.6) is 0 Å². The number of fused-ring (bicyclic) bond motifs is 8. The Morgan fingerprint density at radius 2 is 1.31 bits per heavy atom. The molecule has 0 bridgehead atoms. The Morgan fingerprint density at radius 3 is 2.06 bits per heavy atom. The lowest BCUT2D eigenvalue weighted by molar-refractivity contribution is 0.661. The highest BCUT2D eigenvalue weighted by molar-refractivity contribution is 6.11. The smallest absolute Gasteiger partial charge is 0.0570 e. The van der Waals surface area contributed by atoms with E-state index in [1.807, 2.05) is 12.1 Å². The molecule has 0 aliphatic heterocycles. The molecule has 0 saturated heterocycles. The first kappa shape index (κ1) is 32.4. The van der Waals surface area contributed by atoms with Gasteiger partial charge in [-0.3, -0.25) is 0 Å². The van der Waals surface area contributed by atoms with E-state index in [1.165, 1.54) is 66.0 Å². The SMILES string of the molecule is C=Cc1ccc2c3c(ccc2c1Nc1ccc(-n2c4ccccc4c4cccc(C)c42)cc1)C(C)(C)c1ccccc1-3.CC(C)c1ccccc1. The van der Waals surface area contributed by atoms with Gasteiger partial charge in [0, 0.05) is 32.9 Å². The summed E-state index contributed by atoms with van der Waals surface area (Å²) in [5.41, 5.74) is 15.0. The quantitative estimate of drug-likeness (QED) is 0.194. The van der Waals surface area contributed by atoms with Crippen LogP contribution in [0.15, 0.2) is 152 Å². The van der Waals surface area contributed by atoms with E-state index in [4.69, 9.17) is 0 Å². The minimum atomic E-state index is -0.0220. The number of nitrogens with one attached hydrogen (secondary N) is 1. The Labute approximate surface area is 301 Å². The Balaban J connectivity index is 0.000000365. The number of aryl methyl sites for hydroxylation is 1. The highest BCUT2D eigenvalue weighted by Gasteiger charge is 2.36. The maximum atomic E-state index is 4.14. The van der Waals surface area contributed by atoms with Crippen LogP contribution in [-0.2, 0) is 5.41 Å². The molecular weight excluding hydrogens is 617 g/mol. The highest BCUT2D eigenvalue weighted by Crippen LogP contribution is 2.52. The number of nitrogens with zero attached hydrogens (tertiary/aromatic N) is 1. The lowest BCUT2D eigenvalue weighted by atomic mass is 9.82. The van der Waals surface area contributed by atoms with Crippen LogP contribution in [0.2, 0.25) is 0 Å². The molecule has 250 valence electrons. The lowest BCUT2D eigenvalue weighted by Gasteiger charge is -2.22. The van der Waals surface area contributed by atoms with Gasteiger partial charge in [-0.25, -0.2) is 0 Å². The zero-order valence-electron chi connectivity index (χ0n) is 30.2. The van der Waals surface area contributed by atoms with Gasteiger partial charge in [-0.15, -0.1) is 0 Å². The van der Waals surface area contributed by atoms with Gasteiger partial charge in [0.05, 0.1) is 16.7 Å². The van der Waals surface area contributed by atoms with Crippen molar-refractivity contribution in [3.63, 3.8) is 0 Å². The van der Waals surface area contributed by atoms with Crippen LogP contribution in [0.1, 0.15) is 61.4 Å². The van der Waals surface area contributed by atoms with Crippen molar-refractivity contribution in [2.24, 2.45) is 0 Å². The number of benzene rings is 7. The maximum absolute atomic E-state index is 4.14. The summed E-state index contributed by atoms with van der Waals surface area (Å²) in [6, 6.07) is 52.5. The predicted octanol–water partition coefficient (Wildman–Crippen LogP) is 13.7. The van der Waals surface area contributed by atoms with Gasteiger partial charge < -0.3 is 9.88 Å². The molecule has 0 amide bonds. The van der Waals surface area contributed by atoms with Crippen LogP contribution in [0.3, 0.4) is 0 Å². The van der Waals surface area contributed by atoms with E-state index < -0.39 is 0 Å². The largest absolute Gasteiger partial charge is 0.355 e. The predicted molar refractivity (Wildman–Crippen MR) is 221 cm³/mol. The third-order valence-corrected chi connectivity index (χ3v) is 10.8.